The molecule has 0 aliphatic carbocycles. The quantitative estimate of drug-likeness (QED) is 0.211. The van der Waals surface area contributed by atoms with E-state index in [0.717, 1.165) is 0 Å². The SMILES string of the molecule is O=C1C(c2c(O)c3cc(Br)cc(Br)c3n2C(=O)c2cc[nH+]cc2)=[N+](C(=O)c2ccncc2)c2c(Br)cc(Br)cc21. The van der Waals surface area contributed by atoms with Gasteiger partial charge in [0.25, 0.3) is 17.4 Å². The zero-order chi connectivity index (χ0) is 28.3. The fourth-order valence-corrected chi connectivity index (χ4v) is 7.55. The first-order valence-electron chi connectivity index (χ1n) is 11.6. The number of Topliss-reactive ketones (excluding diaryl/α,β-unsaturated/α-hetero) is 1. The Balaban J connectivity index is 1.77. The summed E-state index contributed by atoms with van der Waals surface area (Å²) in [6, 6.07) is 12.9. The highest BCUT2D eigenvalue weighted by molar-refractivity contribution is 9.11. The van der Waals surface area contributed by atoms with Gasteiger partial charge in [0.05, 0.1) is 21.1 Å². The van der Waals surface area contributed by atoms with Crippen LogP contribution in [0.4, 0.5) is 5.69 Å². The van der Waals surface area contributed by atoms with Gasteiger partial charge in [-0.05, 0) is 68.3 Å². The molecule has 0 atom stereocenters. The average Bonchev–Trinajstić information content (AvgIpc) is 3.39. The summed E-state index contributed by atoms with van der Waals surface area (Å²) in [6.45, 7) is 0. The lowest BCUT2D eigenvalue weighted by Crippen LogP contribution is -2.29. The number of rotatable bonds is 3. The standard InChI is InChI=1S/C28H12Br4N4O4/c29-15-9-17-21(19(31)11-15)35(27(39)13-1-5-33-6-2-13)23(25(17)37)24-26(38)18-10-16(30)12-20(32)22(18)36(24)28(40)14-3-7-34-8-4-14/h1-12H/p+2. The number of hydrogen-bond acceptors (Lipinski definition) is 5. The number of fused-ring (bicyclic) bond motifs is 2. The number of carbonyl (C=O) groups excluding carboxylic acids is 3. The van der Waals surface area contributed by atoms with Crippen LogP contribution in [0.25, 0.3) is 10.9 Å². The van der Waals surface area contributed by atoms with Crippen molar-refractivity contribution in [3.8, 4) is 5.75 Å². The fourth-order valence-electron chi connectivity index (χ4n) is 4.75. The first kappa shape index (κ1) is 26.9. The van der Waals surface area contributed by atoms with Gasteiger partial charge < -0.3 is 5.11 Å². The maximum absolute atomic E-state index is 14.2. The Kier molecular flexibility index (Phi) is 6.89. The lowest BCUT2D eigenvalue weighted by molar-refractivity contribution is -0.378. The smallest absolute Gasteiger partial charge is 0.426 e. The minimum absolute atomic E-state index is 0.113. The van der Waals surface area contributed by atoms with Crippen LogP contribution in [0.3, 0.4) is 0 Å². The molecule has 0 unspecified atom stereocenters. The Morgan fingerprint density at radius 3 is 2.23 bits per heavy atom. The van der Waals surface area contributed by atoms with E-state index in [2.05, 4.69) is 73.7 Å². The summed E-state index contributed by atoms with van der Waals surface area (Å²) in [7, 11) is 0. The van der Waals surface area contributed by atoms with Gasteiger partial charge in [-0.25, -0.2) is 9.78 Å². The van der Waals surface area contributed by atoms with Gasteiger partial charge >= 0.3 is 5.91 Å². The lowest BCUT2D eigenvalue weighted by Gasteiger charge is -2.09. The summed E-state index contributed by atoms with van der Waals surface area (Å²) in [6.07, 6.45) is 6.15. The Labute approximate surface area is 259 Å². The molecule has 0 saturated carbocycles. The van der Waals surface area contributed by atoms with Crippen molar-refractivity contribution in [2.75, 3.05) is 0 Å². The van der Waals surface area contributed by atoms with Crippen molar-refractivity contribution in [2.24, 2.45) is 0 Å². The van der Waals surface area contributed by atoms with Gasteiger partial charge in [0.2, 0.25) is 5.69 Å². The number of benzene rings is 2. The van der Waals surface area contributed by atoms with Gasteiger partial charge in [-0.3, -0.25) is 19.1 Å². The first-order valence-corrected chi connectivity index (χ1v) is 14.7. The normalized spacial score (nSPS) is 12.8. The number of nitrogens with one attached hydrogen (secondary N) is 1. The molecule has 1 amide bonds. The highest BCUT2D eigenvalue weighted by Gasteiger charge is 2.49. The number of amides is 1. The zero-order valence-electron chi connectivity index (χ0n) is 20.0. The molecule has 3 aromatic heterocycles. The van der Waals surface area contributed by atoms with Crippen molar-refractivity contribution < 1.29 is 29.0 Å². The number of ketones is 1. The number of carbonyl (C=O) groups is 3. The van der Waals surface area contributed by atoms with Gasteiger partial charge in [0, 0.05) is 43.3 Å². The Morgan fingerprint density at radius 2 is 1.52 bits per heavy atom. The second-order valence-electron chi connectivity index (χ2n) is 8.75. The van der Waals surface area contributed by atoms with Crippen LogP contribution in [-0.2, 0) is 0 Å². The van der Waals surface area contributed by atoms with E-state index < -0.39 is 17.6 Å². The molecular weight excluding hydrogens is 776 g/mol. The third-order valence-corrected chi connectivity index (χ3v) is 8.54. The molecule has 6 rings (SSSR count). The number of H-pyrrole nitrogens is 1. The van der Waals surface area contributed by atoms with E-state index in [-0.39, 0.29) is 28.3 Å². The highest BCUT2D eigenvalue weighted by Crippen LogP contribution is 2.44. The molecule has 4 heterocycles. The maximum Gasteiger partial charge on any atom is 0.426 e. The Hall–Kier alpha value is -3.32. The minimum atomic E-state index is -0.539. The van der Waals surface area contributed by atoms with Crippen molar-refractivity contribution in [2.45, 2.75) is 0 Å². The van der Waals surface area contributed by atoms with Crippen LogP contribution in [0, 0.1) is 0 Å². The number of hydrogen-bond donors (Lipinski definition) is 1. The predicted molar refractivity (Wildman–Crippen MR) is 160 cm³/mol. The van der Waals surface area contributed by atoms with Crippen molar-refractivity contribution >= 4 is 104 Å². The van der Waals surface area contributed by atoms with Crippen molar-refractivity contribution in [3.05, 3.63) is 114 Å². The summed E-state index contributed by atoms with van der Waals surface area (Å²) < 4.78 is 4.72. The molecular formula is C28H14Br4N4O4+2. The van der Waals surface area contributed by atoms with E-state index in [1.165, 1.54) is 33.7 Å². The summed E-state index contributed by atoms with van der Waals surface area (Å²) in [5, 5.41) is 12.0. The van der Waals surface area contributed by atoms with E-state index in [1.54, 1.807) is 48.8 Å². The zero-order valence-corrected chi connectivity index (χ0v) is 26.3. The Bertz CT molecular complexity index is 1950. The van der Waals surface area contributed by atoms with Crippen LogP contribution in [-0.4, -0.2) is 42.5 Å². The molecule has 0 saturated heterocycles. The third-order valence-electron chi connectivity index (χ3n) is 6.41. The maximum atomic E-state index is 14.2. The molecule has 196 valence electrons. The fraction of sp³-hybridized carbons (Fsp3) is 0. The monoisotopic (exact) mass is 786 g/mol. The molecule has 5 aromatic rings. The third kappa shape index (κ3) is 4.21. The number of aromatic hydroxyl groups is 1. The molecule has 0 bridgehead atoms. The lowest BCUT2D eigenvalue weighted by atomic mass is 10.1. The van der Waals surface area contributed by atoms with Gasteiger partial charge in [-0.2, -0.15) is 0 Å². The number of pyridine rings is 2. The second kappa shape index (κ2) is 10.3. The summed E-state index contributed by atoms with van der Waals surface area (Å²) in [4.78, 5) is 49.2. The van der Waals surface area contributed by atoms with E-state index in [0.29, 0.717) is 40.0 Å². The van der Waals surface area contributed by atoms with Crippen LogP contribution in [0.2, 0.25) is 0 Å². The van der Waals surface area contributed by atoms with Gasteiger partial charge in [-0.15, -0.1) is 4.58 Å². The van der Waals surface area contributed by atoms with Crippen molar-refractivity contribution in [1.29, 1.82) is 0 Å². The van der Waals surface area contributed by atoms with Gasteiger partial charge in [0.1, 0.15) is 5.56 Å². The summed E-state index contributed by atoms with van der Waals surface area (Å²) in [5.74, 6) is -1.91. The molecule has 1 aliphatic rings. The first-order chi connectivity index (χ1) is 19.2. The number of aromatic nitrogens is 3. The van der Waals surface area contributed by atoms with Crippen molar-refractivity contribution in [3.63, 3.8) is 0 Å². The highest BCUT2D eigenvalue weighted by atomic mass is 79.9. The van der Waals surface area contributed by atoms with Crippen LogP contribution < -0.4 is 4.98 Å². The predicted octanol–water partition coefficient (Wildman–Crippen LogP) is 6.46. The molecule has 2 N–H and O–H groups in total. The molecule has 0 fully saturated rings. The molecule has 0 radical (unpaired) electrons. The topological polar surface area (TPSA) is 106 Å². The van der Waals surface area contributed by atoms with Gasteiger partial charge in [0.15, 0.2) is 23.8 Å². The van der Waals surface area contributed by atoms with Crippen LogP contribution in [0.15, 0.2) is 91.2 Å². The molecule has 40 heavy (non-hydrogen) atoms. The molecule has 0 spiro atoms. The van der Waals surface area contributed by atoms with Crippen LogP contribution >= 0.6 is 63.7 Å². The molecule has 1 aliphatic heterocycles. The molecule has 2 aromatic carbocycles. The number of aromatic amines is 1. The van der Waals surface area contributed by atoms with Crippen molar-refractivity contribution in [1.82, 2.24) is 9.55 Å². The molecule has 8 nitrogen and oxygen atoms in total. The minimum Gasteiger partial charge on any atom is -0.505 e. The Morgan fingerprint density at radius 1 is 0.875 bits per heavy atom. The average molecular weight is 790 g/mol. The van der Waals surface area contributed by atoms with E-state index in [4.69, 9.17) is 0 Å². The largest absolute Gasteiger partial charge is 0.505 e. The second-order valence-corrected chi connectivity index (χ2v) is 12.3. The van der Waals surface area contributed by atoms with E-state index >= 15 is 0 Å². The van der Waals surface area contributed by atoms with Gasteiger partial charge in [-0.1, -0.05) is 31.9 Å². The van der Waals surface area contributed by atoms with Crippen LogP contribution in [0.1, 0.15) is 36.8 Å². The molecule has 12 heteroatoms. The van der Waals surface area contributed by atoms with E-state index in [9.17, 15) is 19.5 Å². The van der Waals surface area contributed by atoms with Crippen LogP contribution in [0.5, 0.6) is 5.75 Å². The number of nitrogens with zero attached hydrogens (tertiary/aromatic N) is 3. The number of halogens is 4. The summed E-state index contributed by atoms with van der Waals surface area (Å²) in [5.41, 5.74) is 1.13. The van der Waals surface area contributed by atoms with E-state index in [1.807, 2.05) is 0 Å². The summed E-state index contributed by atoms with van der Waals surface area (Å²) >= 11 is 13.9.